The Morgan fingerprint density at radius 3 is 2.85 bits per heavy atom. The van der Waals surface area contributed by atoms with Gasteiger partial charge < -0.3 is 14.7 Å². The summed E-state index contributed by atoms with van der Waals surface area (Å²) in [7, 11) is 1.49. The number of aromatic hydroxyl groups is 1. The fraction of sp³-hybridized carbons (Fsp3) is 0.429. The number of pyridine rings is 1. The van der Waals surface area contributed by atoms with Crippen molar-refractivity contribution in [2.45, 2.75) is 25.4 Å². The van der Waals surface area contributed by atoms with Crippen LogP contribution in [0.2, 0.25) is 0 Å². The SMILES string of the molecule is COc1cccc(C(=O)N2C[C@H]3CC[C@@H]2CN(Cc2ccccn2)C3)c1O. The molecule has 142 valence electrons. The van der Waals surface area contributed by atoms with E-state index in [1.165, 1.54) is 7.11 Å². The van der Waals surface area contributed by atoms with Crippen molar-refractivity contribution in [1.82, 2.24) is 14.8 Å². The average Bonchev–Trinajstić information content (AvgIpc) is 2.99. The first-order valence-electron chi connectivity index (χ1n) is 9.45. The van der Waals surface area contributed by atoms with Crippen molar-refractivity contribution in [3.05, 3.63) is 53.9 Å². The first kappa shape index (κ1) is 17.8. The standard InChI is InChI=1S/C21H25N3O3/c1-27-19-7-4-6-18(20(19)25)21(26)24-12-15-8-9-17(24)14-23(11-15)13-16-5-2-3-10-22-16/h2-7,10,15,17,25H,8-9,11-14H2,1H3/t15-,17+/m0/s1. The van der Waals surface area contributed by atoms with Crippen molar-refractivity contribution >= 4 is 5.91 Å². The molecule has 3 aliphatic heterocycles. The zero-order valence-corrected chi connectivity index (χ0v) is 15.5. The van der Waals surface area contributed by atoms with Gasteiger partial charge in [-0.05, 0) is 43.0 Å². The van der Waals surface area contributed by atoms with E-state index in [9.17, 15) is 9.90 Å². The quantitative estimate of drug-likeness (QED) is 0.900. The topological polar surface area (TPSA) is 65.9 Å². The molecule has 6 nitrogen and oxygen atoms in total. The van der Waals surface area contributed by atoms with Gasteiger partial charge in [0, 0.05) is 38.4 Å². The Bertz CT molecular complexity index is 812. The maximum absolute atomic E-state index is 13.2. The van der Waals surface area contributed by atoms with Gasteiger partial charge in [-0.2, -0.15) is 0 Å². The van der Waals surface area contributed by atoms with E-state index in [-0.39, 0.29) is 17.7 Å². The van der Waals surface area contributed by atoms with Crippen molar-refractivity contribution < 1.29 is 14.6 Å². The maximum Gasteiger partial charge on any atom is 0.258 e. The third kappa shape index (κ3) is 3.62. The van der Waals surface area contributed by atoms with Crippen LogP contribution < -0.4 is 4.74 Å². The number of rotatable bonds is 4. The van der Waals surface area contributed by atoms with Crippen LogP contribution in [0, 0.1) is 5.92 Å². The number of amides is 1. The summed E-state index contributed by atoms with van der Waals surface area (Å²) in [5.74, 6) is 0.595. The van der Waals surface area contributed by atoms with Gasteiger partial charge >= 0.3 is 0 Å². The fourth-order valence-corrected chi connectivity index (χ4v) is 4.29. The second kappa shape index (κ2) is 7.56. The van der Waals surface area contributed by atoms with Crippen LogP contribution in [0.25, 0.3) is 0 Å². The molecule has 0 saturated carbocycles. The van der Waals surface area contributed by atoms with Crippen LogP contribution in [0.4, 0.5) is 0 Å². The number of ether oxygens (including phenoxy) is 1. The van der Waals surface area contributed by atoms with Crippen LogP contribution in [0.1, 0.15) is 28.9 Å². The van der Waals surface area contributed by atoms with E-state index in [2.05, 4.69) is 9.88 Å². The number of nitrogens with zero attached hydrogens (tertiary/aromatic N) is 3. The molecular formula is C21H25N3O3. The Morgan fingerprint density at radius 2 is 2.07 bits per heavy atom. The summed E-state index contributed by atoms with van der Waals surface area (Å²) in [6, 6.07) is 11.2. The highest BCUT2D eigenvalue weighted by molar-refractivity contribution is 5.98. The van der Waals surface area contributed by atoms with E-state index >= 15 is 0 Å². The lowest BCUT2D eigenvalue weighted by atomic mass is 9.94. The Kier molecular flexibility index (Phi) is 4.99. The van der Waals surface area contributed by atoms with Crippen LogP contribution in [0.5, 0.6) is 11.5 Å². The number of benzene rings is 1. The van der Waals surface area contributed by atoms with Gasteiger partial charge in [-0.15, -0.1) is 0 Å². The Morgan fingerprint density at radius 1 is 1.19 bits per heavy atom. The number of carbonyl (C=O) groups excluding carboxylic acids is 1. The average molecular weight is 367 g/mol. The highest BCUT2D eigenvalue weighted by atomic mass is 16.5. The molecule has 1 aromatic heterocycles. The molecule has 1 N–H and O–H groups in total. The first-order chi connectivity index (χ1) is 13.2. The summed E-state index contributed by atoms with van der Waals surface area (Å²) in [5.41, 5.74) is 1.38. The number of phenols is 1. The molecule has 3 fully saturated rings. The molecule has 1 aromatic carbocycles. The van der Waals surface area contributed by atoms with E-state index in [1.54, 1.807) is 18.2 Å². The zero-order chi connectivity index (χ0) is 18.8. The highest BCUT2D eigenvalue weighted by Gasteiger charge is 2.38. The summed E-state index contributed by atoms with van der Waals surface area (Å²) >= 11 is 0. The molecule has 0 unspecified atom stereocenters. The van der Waals surface area contributed by atoms with E-state index in [0.717, 1.165) is 44.7 Å². The third-order valence-corrected chi connectivity index (χ3v) is 5.61. The number of methoxy groups -OCH3 is 1. The molecular weight excluding hydrogens is 342 g/mol. The molecule has 2 bridgehead atoms. The minimum absolute atomic E-state index is 0.0736. The molecule has 6 heteroatoms. The summed E-state index contributed by atoms with van der Waals surface area (Å²) in [4.78, 5) is 22.0. The molecule has 3 saturated heterocycles. The predicted octanol–water partition coefficient (Wildman–Crippen LogP) is 2.53. The second-order valence-corrected chi connectivity index (χ2v) is 7.43. The Balaban J connectivity index is 1.53. The normalized spacial score (nSPS) is 22.5. The number of aromatic nitrogens is 1. The number of carbonyl (C=O) groups is 1. The lowest BCUT2D eigenvalue weighted by Crippen LogP contribution is -2.47. The molecule has 27 heavy (non-hydrogen) atoms. The Labute approximate surface area is 159 Å². The van der Waals surface area contributed by atoms with E-state index in [1.807, 2.05) is 29.3 Å². The van der Waals surface area contributed by atoms with Gasteiger partial charge in [0.1, 0.15) is 0 Å². The Hall–Kier alpha value is -2.60. The van der Waals surface area contributed by atoms with Gasteiger partial charge in [-0.1, -0.05) is 12.1 Å². The first-order valence-corrected chi connectivity index (χ1v) is 9.45. The molecule has 0 spiro atoms. The van der Waals surface area contributed by atoms with Crippen LogP contribution in [0.3, 0.4) is 0 Å². The van der Waals surface area contributed by atoms with Gasteiger partial charge in [0.2, 0.25) is 0 Å². The van der Waals surface area contributed by atoms with Gasteiger partial charge in [-0.25, -0.2) is 0 Å². The summed E-state index contributed by atoms with van der Waals surface area (Å²) in [6.07, 6.45) is 3.96. The molecule has 0 radical (unpaired) electrons. The van der Waals surface area contributed by atoms with Gasteiger partial charge in [0.15, 0.2) is 11.5 Å². The molecule has 5 rings (SSSR count). The van der Waals surface area contributed by atoms with Crippen LogP contribution in [-0.4, -0.2) is 58.6 Å². The predicted molar refractivity (Wildman–Crippen MR) is 102 cm³/mol. The van der Waals surface area contributed by atoms with Gasteiger partial charge in [0.05, 0.1) is 18.4 Å². The molecule has 3 aliphatic rings. The summed E-state index contributed by atoms with van der Waals surface area (Å²) in [5, 5.41) is 10.4. The largest absolute Gasteiger partial charge is 0.504 e. The van der Waals surface area contributed by atoms with Crippen LogP contribution >= 0.6 is 0 Å². The minimum Gasteiger partial charge on any atom is -0.504 e. The molecule has 2 aromatic rings. The van der Waals surface area contributed by atoms with E-state index in [4.69, 9.17) is 4.74 Å². The van der Waals surface area contributed by atoms with Crippen LogP contribution in [-0.2, 0) is 6.54 Å². The fourth-order valence-electron chi connectivity index (χ4n) is 4.29. The monoisotopic (exact) mass is 367 g/mol. The third-order valence-electron chi connectivity index (χ3n) is 5.61. The lowest BCUT2D eigenvalue weighted by Gasteiger charge is -2.36. The van der Waals surface area contributed by atoms with Crippen molar-refractivity contribution in [2.24, 2.45) is 5.92 Å². The zero-order valence-electron chi connectivity index (χ0n) is 15.5. The number of fused-ring (bicyclic) bond motifs is 4. The van der Waals surface area contributed by atoms with Crippen molar-refractivity contribution in [1.29, 1.82) is 0 Å². The maximum atomic E-state index is 13.2. The van der Waals surface area contributed by atoms with Gasteiger partial charge in [0.25, 0.3) is 5.91 Å². The number of phenolic OH excluding ortho intramolecular Hbond substituents is 1. The number of piperidine rings is 1. The summed E-state index contributed by atoms with van der Waals surface area (Å²) < 4.78 is 5.16. The van der Waals surface area contributed by atoms with E-state index in [0.29, 0.717) is 17.2 Å². The minimum atomic E-state index is -0.110. The second-order valence-electron chi connectivity index (χ2n) is 7.43. The van der Waals surface area contributed by atoms with Crippen molar-refractivity contribution in [3.8, 4) is 11.5 Å². The number of para-hydroxylation sites is 1. The molecule has 2 atom stereocenters. The van der Waals surface area contributed by atoms with E-state index < -0.39 is 0 Å². The lowest BCUT2D eigenvalue weighted by molar-refractivity contribution is 0.0581. The number of hydrogen-bond donors (Lipinski definition) is 1. The molecule has 1 amide bonds. The van der Waals surface area contributed by atoms with Crippen molar-refractivity contribution in [2.75, 3.05) is 26.7 Å². The number of hydrogen-bond acceptors (Lipinski definition) is 5. The van der Waals surface area contributed by atoms with Crippen molar-refractivity contribution in [3.63, 3.8) is 0 Å². The van der Waals surface area contributed by atoms with Gasteiger partial charge in [-0.3, -0.25) is 14.7 Å². The highest BCUT2D eigenvalue weighted by Crippen LogP contribution is 2.34. The summed E-state index contributed by atoms with van der Waals surface area (Å²) in [6.45, 7) is 3.35. The molecule has 4 heterocycles. The smallest absolute Gasteiger partial charge is 0.258 e. The van der Waals surface area contributed by atoms with Crippen LogP contribution in [0.15, 0.2) is 42.6 Å². The molecule has 0 aliphatic carbocycles.